The van der Waals surface area contributed by atoms with E-state index in [4.69, 9.17) is 4.74 Å². The molecule has 0 aromatic heterocycles. The van der Waals surface area contributed by atoms with Crippen LogP contribution in [0.25, 0.3) is 0 Å². The van der Waals surface area contributed by atoms with Gasteiger partial charge in [0.2, 0.25) is 0 Å². The number of ether oxygens (including phenoxy) is 1. The summed E-state index contributed by atoms with van der Waals surface area (Å²) >= 11 is 0. The van der Waals surface area contributed by atoms with Gasteiger partial charge in [0.15, 0.2) is 5.78 Å². The monoisotopic (exact) mass is 266 g/mol. The van der Waals surface area contributed by atoms with E-state index in [1.165, 1.54) is 0 Å². The van der Waals surface area contributed by atoms with E-state index in [1.54, 1.807) is 0 Å². The van der Waals surface area contributed by atoms with Crippen molar-refractivity contribution in [2.45, 2.75) is 32.3 Å². The van der Waals surface area contributed by atoms with Crippen molar-refractivity contribution >= 4 is 5.78 Å². The minimum atomic E-state index is -0.0141. The maximum absolute atomic E-state index is 11.9. The molecule has 1 atom stereocenters. The van der Waals surface area contributed by atoms with Crippen molar-refractivity contribution in [2.75, 3.05) is 0 Å². The van der Waals surface area contributed by atoms with Gasteiger partial charge in [-0.2, -0.15) is 0 Å². The Labute approximate surface area is 119 Å². The molecule has 0 spiro atoms. The van der Waals surface area contributed by atoms with Crippen LogP contribution in [0.2, 0.25) is 0 Å². The van der Waals surface area contributed by atoms with Crippen LogP contribution in [0.15, 0.2) is 48.5 Å². The van der Waals surface area contributed by atoms with Gasteiger partial charge in [-0.3, -0.25) is 4.79 Å². The lowest BCUT2D eigenvalue weighted by molar-refractivity contribution is 0.0970. The van der Waals surface area contributed by atoms with Crippen LogP contribution in [0.4, 0.5) is 0 Å². The summed E-state index contributed by atoms with van der Waals surface area (Å²) in [5.74, 6) is 1.09. The van der Waals surface area contributed by atoms with Gasteiger partial charge in [0.1, 0.15) is 11.9 Å². The van der Waals surface area contributed by atoms with Gasteiger partial charge >= 0.3 is 0 Å². The lowest BCUT2D eigenvalue weighted by atomic mass is 9.90. The minimum absolute atomic E-state index is 0.0141. The third-order valence-electron chi connectivity index (χ3n) is 3.84. The van der Waals surface area contributed by atoms with Crippen LogP contribution in [-0.4, -0.2) is 5.78 Å². The van der Waals surface area contributed by atoms with E-state index in [1.807, 2.05) is 43.3 Å². The van der Waals surface area contributed by atoms with E-state index in [9.17, 15) is 4.79 Å². The zero-order valence-electron chi connectivity index (χ0n) is 11.6. The third kappa shape index (κ3) is 2.46. The first-order valence-electron chi connectivity index (χ1n) is 7.12. The fourth-order valence-corrected chi connectivity index (χ4v) is 2.74. The van der Waals surface area contributed by atoms with Crippen molar-refractivity contribution in [1.82, 2.24) is 0 Å². The van der Waals surface area contributed by atoms with Crippen molar-refractivity contribution in [2.24, 2.45) is 0 Å². The first-order valence-corrected chi connectivity index (χ1v) is 7.12. The van der Waals surface area contributed by atoms with Crippen LogP contribution in [0, 0.1) is 0 Å². The van der Waals surface area contributed by atoms with Gasteiger partial charge in [-0.15, -0.1) is 0 Å². The standard InChI is InChI=1S/C18H18O2/c1-13(14-7-3-2-4-8-14)20-18-12-6-9-15-16(18)10-5-11-17(15)19/h2-4,6-9,12-13H,5,10-11H2,1H3. The van der Waals surface area contributed by atoms with Crippen molar-refractivity contribution < 1.29 is 9.53 Å². The Morgan fingerprint density at radius 1 is 1.00 bits per heavy atom. The van der Waals surface area contributed by atoms with Crippen LogP contribution >= 0.6 is 0 Å². The predicted octanol–water partition coefficient (Wildman–Crippen LogP) is 4.35. The maximum Gasteiger partial charge on any atom is 0.163 e. The second kappa shape index (κ2) is 5.49. The fraction of sp³-hybridized carbons (Fsp3) is 0.278. The largest absolute Gasteiger partial charge is 0.486 e. The molecule has 0 saturated carbocycles. The molecule has 1 aliphatic carbocycles. The lowest BCUT2D eigenvalue weighted by Gasteiger charge is -2.21. The van der Waals surface area contributed by atoms with Crippen LogP contribution in [0.5, 0.6) is 5.75 Å². The first-order chi connectivity index (χ1) is 9.75. The Morgan fingerprint density at radius 3 is 2.60 bits per heavy atom. The third-order valence-corrected chi connectivity index (χ3v) is 3.84. The summed E-state index contributed by atoms with van der Waals surface area (Å²) in [6.45, 7) is 2.04. The number of Topliss-reactive ketones (excluding diaryl/α,β-unsaturated/α-hetero) is 1. The van der Waals surface area contributed by atoms with Gasteiger partial charge in [-0.25, -0.2) is 0 Å². The fourth-order valence-electron chi connectivity index (χ4n) is 2.74. The quantitative estimate of drug-likeness (QED) is 0.825. The minimum Gasteiger partial charge on any atom is -0.486 e. The number of carbonyl (C=O) groups is 1. The Bertz CT molecular complexity index is 617. The number of fused-ring (bicyclic) bond motifs is 1. The molecule has 1 unspecified atom stereocenters. The van der Waals surface area contributed by atoms with Crippen molar-refractivity contribution in [3.05, 3.63) is 65.2 Å². The molecule has 20 heavy (non-hydrogen) atoms. The van der Waals surface area contributed by atoms with E-state index in [0.29, 0.717) is 6.42 Å². The molecule has 0 amide bonds. The van der Waals surface area contributed by atoms with Gasteiger partial charge in [0, 0.05) is 17.5 Å². The molecule has 2 heteroatoms. The number of benzene rings is 2. The molecule has 0 radical (unpaired) electrons. The molecule has 0 heterocycles. The van der Waals surface area contributed by atoms with Gasteiger partial charge in [-0.1, -0.05) is 42.5 Å². The first kappa shape index (κ1) is 12.9. The summed E-state index contributed by atoms with van der Waals surface area (Å²) < 4.78 is 6.09. The molecule has 2 nitrogen and oxygen atoms in total. The average Bonchev–Trinajstić information content (AvgIpc) is 2.49. The second-order valence-electron chi connectivity index (χ2n) is 5.23. The molecule has 2 aromatic carbocycles. The summed E-state index contributed by atoms with van der Waals surface area (Å²) in [7, 11) is 0. The zero-order chi connectivity index (χ0) is 13.9. The normalized spacial score (nSPS) is 15.6. The number of rotatable bonds is 3. The van der Waals surface area contributed by atoms with E-state index in [2.05, 4.69) is 12.1 Å². The molecule has 0 fully saturated rings. The summed E-state index contributed by atoms with van der Waals surface area (Å²) in [5.41, 5.74) is 3.06. The lowest BCUT2D eigenvalue weighted by Crippen LogP contribution is -2.13. The maximum atomic E-state index is 11.9. The summed E-state index contributed by atoms with van der Waals surface area (Å²) in [5, 5.41) is 0. The number of hydrogen-bond acceptors (Lipinski definition) is 2. The molecule has 2 aromatic rings. The predicted molar refractivity (Wildman–Crippen MR) is 79.2 cm³/mol. The number of hydrogen-bond donors (Lipinski definition) is 0. The topological polar surface area (TPSA) is 26.3 Å². The van der Waals surface area contributed by atoms with Crippen molar-refractivity contribution in [1.29, 1.82) is 0 Å². The summed E-state index contributed by atoms with van der Waals surface area (Å²) in [6.07, 6.45) is 2.50. The molecule has 3 rings (SSSR count). The summed E-state index contributed by atoms with van der Waals surface area (Å²) in [4.78, 5) is 11.9. The molecule has 102 valence electrons. The van der Waals surface area contributed by atoms with E-state index >= 15 is 0 Å². The number of ketones is 1. The molecule has 0 aliphatic heterocycles. The van der Waals surface area contributed by atoms with E-state index in [0.717, 1.165) is 35.3 Å². The van der Waals surface area contributed by atoms with E-state index in [-0.39, 0.29) is 11.9 Å². The van der Waals surface area contributed by atoms with E-state index < -0.39 is 0 Å². The van der Waals surface area contributed by atoms with Gasteiger partial charge in [-0.05, 0) is 31.4 Å². The van der Waals surface area contributed by atoms with Crippen LogP contribution in [0.1, 0.15) is 47.4 Å². The highest BCUT2D eigenvalue weighted by Crippen LogP contribution is 2.32. The van der Waals surface area contributed by atoms with Crippen molar-refractivity contribution in [3.8, 4) is 5.75 Å². The van der Waals surface area contributed by atoms with Crippen LogP contribution < -0.4 is 4.74 Å². The van der Waals surface area contributed by atoms with Gasteiger partial charge in [0.05, 0.1) is 0 Å². The summed E-state index contributed by atoms with van der Waals surface area (Å²) in [6, 6.07) is 15.9. The molecule has 0 saturated heterocycles. The van der Waals surface area contributed by atoms with Crippen LogP contribution in [0.3, 0.4) is 0 Å². The molecular weight excluding hydrogens is 248 g/mol. The van der Waals surface area contributed by atoms with Gasteiger partial charge < -0.3 is 4.74 Å². The average molecular weight is 266 g/mol. The van der Waals surface area contributed by atoms with Crippen molar-refractivity contribution in [3.63, 3.8) is 0 Å². The highest BCUT2D eigenvalue weighted by atomic mass is 16.5. The highest BCUT2D eigenvalue weighted by molar-refractivity contribution is 5.99. The molecule has 1 aliphatic rings. The zero-order valence-corrected chi connectivity index (χ0v) is 11.6. The second-order valence-corrected chi connectivity index (χ2v) is 5.23. The molecule has 0 bridgehead atoms. The molecular formula is C18H18O2. The SMILES string of the molecule is CC(Oc1cccc2c1CCCC2=O)c1ccccc1. The smallest absolute Gasteiger partial charge is 0.163 e. The van der Waals surface area contributed by atoms with Gasteiger partial charge in [0.25, 0.3) is 0 Å². The number of carbonyl (C=O) groups excluding carboxylic acids is 1. The Kier molecular flexibility index (Phi) is 3.55. The van der Waals surface area contributed by atoms with Crippen LogP contribution in [-0.2, 0) is 6.42 Å². The Morgan fingerprint density at radius 2 is 1.80 bits per heavy atom. The Hall–Kier alpha value is -2.09. The molecule has 0 N–H and O–H groups in total. The highest BCUT2D eigenvalue weighted by Gasteiger charge is 2.21. The Balaban J connectivity index is 1.88.